The number of nitrogens with one attached hydrogen (secondary N) is 1. The third-order valence-electron chi connectivity index (χ3n) is 4.76. The van der Waals surface area contributed by atoms with Crippen molar-refractivity contribution in [1.82, 2.24) is 4.57 Å². The summed E-state index contributed by atoms with van der Waals surface area (Å²) in [7, 11) is 0. The van der Waals surface area contributed by atoms with Crippen molar-refractivity contribution in [3.05, 3.63) is 88.4 Å². The van der Waals surface area contributed by atoms with E-state index in [1.807, 2.05) is 48.7 Å². The molecule has 0 saturated heterocycles. The summed E-state index contributed by atoms with van der Waals surface area (Å²) in [6, 6.07) is 18.0. The number of nitriles is 1. The Morgan fingerprint density at radius 3 is 2.44 bits per heavy atom. The van der Waals surface area contributed by atoms with Gasteiger partial charge in [0.25, 0.3) is 5.91 Å². The van der Waals surface area contributed by atoms with Crippen molar-refractivity contribution in [2.24, 2.45) is 0 Å². The highest BCUT2D eigenvalue weighted by molar-refractivity contribution is 6.04. The van der Waals surface area contributed by atoms with Crippen molar-refractivity contribution < 1.29 is 9.18 Å². The molecule has 1 aromatic heterocycles. The van der Waals surface area contributed by atoms with E-state index in [1.54, 1.807) is 6.07 Å². The molecule has 136 valence electrons. The molecule has 3 rings (SSSR count). The average molecular weight is 361 g/mol. The molecule has 1 N–H and O–H groups in total. The molecule has 1 amide bonds. The van der Waals surface area contributed by atoms with Gasteiger partial charge in [0.2, 0.25) is 0 Å². The summed E-state index contributed by atoms with van der Waals surface area (Å²) in [5.41, 5.74) is 3.24. The first-order valence-electron chi connectivity index (χ1n) is 8.72. The van der Waals surface area contributed by atoms with Gasteiger partial charge in [0.15, 0.2) is 0 Å². The van der Waals surface area contributed by atoms with Crippen molar-refractivity contribution in [1.29, 1.82) is 5.26 Å². The highest BCUT2D eigenvalue weighted by atomic mass is 19.1. The molecule has 0 aliphatic carbocycles. The highest BCUT2D eigenvalue weighted by Gasteiger charge is 2.21. The van der Waals surface area contributed by atoms with Crippen LogP contribution < -0.4 is 5.32 Å². The highest BCUT2D eigenvalue weighted by Crippen LogP contribution is 2.27. The van der Waals surface area contributed by atoms with E-state index in [0.717, 1.165) is 23.2 Å². The molecule has 2 aromatic carbocycles. The second-order valence-corrected chi connectivity index (χ2v) is 6.37. The van der Waals surface area contributed by atoms with Crippen molar-refractivity contribution in [2.45, 2.75) is 26.8 Å². The van der Waals surface area contributed by atoms with E-state index in [0.29, 0.717) is 17.9 Å². The molecule has 0 spiro atoms. The Bertz CT molecular complexity index is 1020. The summed E-state index contributed by atoms with van der Waals surface area (Å²) in [5.74, 6) is -0.746. The van der Waals surface area contributed by atoms with E-state index in [1.165, 1.54) is 18.2 Å². The molecule has 0 aliphatic rings. The third-order valence-corrected chi connectivity index (χ3v) is 4.76. The van der Waals surface area contributed by atoms with Gasteiger partial charge in [0, 0.05) is 12.2 Å². The van der Waals surface area contributed by atoms with E-state index < -0.39 is 11.7 Å². The molecule has 0 bridgehead atoms. The summed E-state index contributed by atoms with van der Waals surface area (Å²) in [6.07, 6.45) is 0.753. The summed E-state index contributed by atoms with van der Waals surface area (Å²) in [4.78, 5) is 12.6. The van der Waals surface area contributed by atoms with E-state index in [2.05, 4.69) is 11.4 Å². The number of hydrogen-bond acceptors (Lipinski definition) is 2. The van der Waals surface area contributed by atoms with Crippen molar-refractivity contribution in [2.75, 3.05) is 5.32 Å². The number of nitrogens with zero attached hydrogens (tertiary/aromatic N) is 2. The Morgan fingerprint density at radius 2 is 1.78 bits per heavy atom. The summed E-state index contributed by atoms with van der Waals surface area (Å²) < 4.78 is 15.9. The van der Waals surface area contributed by atoms with Crippen molar-refractivity contribution >= 4 is 11.7 Å². The maximum atomic E-state index is 13.9. The fraction of sp³-hybridized carbons (Fsp3) is 0.182. The number of aryl methyl sites for hydroxylation is 1. The lowest BCUT2D eigenvalue weighted by molar-refractivity contribution is 0.102. The van der Waals surface area contributed by atoms with E-state index in [4.69, 9.17) is 0 Å². The monoisotopic (exact) mass is 361 g/mol. The maximum Gasteiger partial charge on any atom is 0.259 e. The topological polar surface area (TPSA) is 57.8 Å². The van der Waals surface area contributed by atoms with Crippen LogP contribution in [0.2, 0.25) is 0 Å². The van der Waals surface area contributed by atoms with Gasteiger partial charge in [-0.3, -0.25) is 4.79 Å². The lowest BCUT2D eigenvalue weighted by atomic mass is 10.1. The molecule has 5 heteroatoms. The molecule has 0 atom stereocenters. The van der Waals surface area contributed by atoms with Crippen LogP contribution >= 0.6 is 0 Å². The van der Waals surface area contributed by atoms with Gasteiger partial charge in [-0.2, -0.15) is 5.26 Å². The largest absolute Gasteiger partial charge is 0.330 e. The van der Waals surface area contributed by atoms with Crippen molar-refractivity contribution in [3.63, 3.8) is 0 Å². The number of hydrogen-bond donors (Lipinski definition) is 1. The Balaban J connectivity index is 1.93. The van der Waals surface area contributed by atoms with Gasteiger partial charge in [-0.1, -0.05) is 42.5 Å². The van der Waals surface area contributed by atoms with Gasteiger partial charge >= 0.3 is 0 Å². The molecule has 3 aromatic rings. The van der Waals surface area contributed by atoms with Gasteiger partial charge in [-0.05, 0) is 43.5 Å². The molecule has 0 fully saturated rings. The van der Waals surface area contributed by atoms with Gasteiger partial charge < -0.3 is 9.88 Å². The van der Waals surface area contributed by atoms with Crippen LogP contribution in [0, 0.1) is 31.0 Å². The lowest BCUT2D eigenvalue weighted by Crippen LogP contribution is -2.18. The number of rotatable bonds is 5. The van der Waals surface area contributed by atoms with Gasteiger partial charge in [0.05, 0.1) is 11.1 Å². The second kappa shape index (κ2) is 7.88. The van der Waals surface area contributed by atoms with Gasteiger partial charge in [0.1, 0.15) is 17.7 Å². The molecule has 0 radical (unpaired) electrons. The Kier molecular flexibility index (Phi) is 5.37. The van der Waals surface area contributed by atoms with E-state index in [9.17, 15) is 14.4 Å². The van der Waals surface area contributed by atoms with Crippen LogP contribution in [0.1, 0.15) is 32.7 Å². The predicted molar refractivity (Wildman–Crippen MR) is 103 cm³/mol. The minimum atomic E-state index is -0.593. The predicted octanol–water partition coefficient (Wildman–Crippen LogP) is 4.61. The molecular formula is C22H20FN3O. The minimum Gasteiger partial charge on any atom is -0.330 e. The van der Waals surface area contributed by atoms with Crippen LogP contribution in [0.15, 0.2) is 54.6 Å². The van der Waals surface area contributed by atoms with Crippen LogP contribution in [0.5, 0.6) is 0 Å². The fourth-order valence-corrected chi connectivity index (χ4v) is 3.12. The fourth-order valence-electron chi connectivity index (χ4n) is 3.12. The first kappa shape index (κ1) is 18.4. The maximum absolute atomic E-state index is 13.9. The van der Waals surface area contributed by atoms with Crippen molar-refractivity contribution in [3.8, 4) is 6.07 Å². The van der Waals surface area contributed by atoms with Crippen LogP contribution in [-0.2, 0) is 13.0 Å². The van der Waals surface area contributed by atoms with Crippen LogP contribution in [0.25, 0.3) is 0 Å². The zero-order chi connectivity index (χ0) is 19.4. The lowest BCUT2D eigenvalue weighted by Gasteiger charge is -2.13. The Labute approximate surface area is 157 Å². The second-order valence-electron chi connectivity index (χ2n) is 6.37. The van der Waals surface area contributed by atoms with Gasteiger partial charge in [-0.25, -0.2) is 4.39 Å². The third kappa shape index (κ3) is 3.75. The summed E-state index contributed by atoms with van der Waals surface area (Å²) in [5, 5.41) is 12.3. The molecule has 1 heterocycles. The normalized spacial score (nSPS) is 10.4. The molecule has 4 nitrogen and oxygen atoms in total. The standard InChI is InChI=1S/C22H20FN3O/c1-15-16(2)26(13-12-17-8-4-3-5-9-17)21(19(15)14-24)25-22(27)18-10-6-7-11-20(18)23/h3-11H,12-13H2,1-2H3,(H,25,27). The Hall–Kier alpha value is -3.39. The molecule has 0 unspecified atom stereocenters. The number of amides is 1. The number of carbonyl (C=O) groups excluding carboxylic acids is 1. The van der Waals surface area contributed by atoms with Crippen LogP contribution in [-0.4, -0.2) is 10.5 Å². The first-order valence-corrected chi connectivity index (χ1v) is 8.72. The number of benzene rings is 2. The zero-order valence-electron chi connectivity index (χ0n) is 15.3. The summed E-state index contributed by atoms with van der Waals surface area (Å²) in [6.45, 7) is 4.37. The minimum absolute atomic E-state index is 0.0486. The Morgan fingerprint density at radius 1 is 1.11 bits per heavy atom. The smallest absolute Gasteiger partial charge is 0.259 e. The molecule has 0 aliphatic heterocycles. The zero-order valence-corrected chi connectivity index (χ0v) is 15.3. The van der Waals surface area contributed by atoms with E-state index in [-0.39, 0.29) is 5.56 Å². The number of aromatic nitrogens is 1. The van der Waals surface area contributed by atoms with Crippen LogP contribution in [0.3, 0.4) is 0 Å². The molecule has 27 heavy (non-hydrogen) atoms. The average Bonchev–Trinajstić information content (AvgIpc) is 2.90. The van der Waals surface area contributed by atoms with Gasteiger partial charge in [-0.15, -0.1) is 0 Å². The number of anilines is 1. The SMILES string of the molecule is Cc1c(C#N)c(NC(=O)c2ccccc2F)n(CCc2ccccc2)c1C. The molecule has 0 saturated carbocycles. The van der Waals surface area contributed by atoms with Crippen LogP contribution in [0.4, 0.5) is 10.2 Å². The quantitative estimate of drug-likeness (QED) is 0.721. The molecular weight excluding hydrogens is 341 g/mol. The first-order chi connectivity index (χ1) is 13.0. The number of halogens is 1. The summed E-state index contributed by atoms with van der Waals surface area (Å²) >= 11 is 0. The van der Waals surface area contributed by atoms with E-state index >= 15 is 0 Å². The number of carbonyl (C=O) groups is 1.